The van der Waals surface area contributed by atoms with Gasteiger partial charge in [-0.2, -0.15) is 0 Å². The zero-order valence-electron chi connectivity index (χ0n) is 46.7. The standard InChI is InChI=1S/2C29H60O4S.Ca/c2*1-3-5-7-9-11-13-15-16-17-19-21-23-25-27-29(28-33-34(30,31)32)26-24-22-20-18-14-12-10-8-6-4-2;/h2*29H,3-28H2,1-2H3,(H,30,31,32);/q;;+2/p-2. The number of rotatable bonds is 56. The molecule has 11 heteroatoms. The van der Waals surface area contributed by atoms with E-state index in [0.29, 0.717) is 0 Å². The third kappa shape index (κ3) is 69.0. The van der Waals surface area contributed by atoms with Gasteiger partial charge >= 0.3 is 37.7 Å². The first kappa shape index (κ1) is 74.2. The van der Waals surface area contributed by atoms with Crippen LogP contribution < -0.4 is 0 Å². The maximum absolute atomic E-state index is 10.9. The van der Waals surface area contributed by atoms with E-state index in [1.54, 1.807) is 0 Å². The molecule has 412 valence electrons. The Bertz CT molecular complexity index is 1080. The maximum atomic E-state index is 10.9. The molecule has 0 aromatic heterocycles. The van der Waals surface area contributed by atoms with E-state index < -0.39 is 20.8 Å². The second-order valence-electron chi connectivity index (χ2n) is 21.1. The molecule has 0 N–H and O–H groups in total. The van der Waals surface area contributed by atoms with E-state index >= 15 is 0 Å². The van der Waals surface area contributed by atoms with E-state index in [2.05, 4.69) is 36.1 Å². The van der Waals surface area contributed by atoms with Crippen molar-refractivity contribution in [2.24, 2.45) is 11.8 Å². The van der Waals surface area contributed by atoms with E-state index in [1.807, 2.05) is 0 Å². The molecule has 0 rings (SSSR count). The van der Waals surface area contributed by atoms with Crippen molar-refractivity contribution in [1.82, 2.24) is 0 Å². The van der Waals surface area contributed by atoms with Crippen molar-refractivity contribution in [3.8, 4) is 0 Å². The molecule has 0 spiro atoms. The molecular weight excluding hydrogens is 929 g/mol. The van der Waals surface area contributed by atoms with Gasteiger partial charge in [-0.15, -0.1) is 0 Å². The van der Waals surface area contributed by atoms with Gasteiger partial charge in [0.15, 0.2) is 0 Å². The second-order valence-corrected chi connectivity index (χ2v) is 23.2. The summed E-state index contributed by atoms with van der Waals surface area (Å²) in [5.41, 5.74) is 0. The van der Waals surface area contributed by atoms with Crippen LogP contribution in [0, 0.1) is 11.8 Å². The molecule has 0 bridgehead atoms. The average Bonchev–Trinajstić information content (AvgIpc) is 3.30. The molecule has 0 aliphatic rings. The summed E-state index contributed by atoms with van der Waals surface area (Å²) < 4.78 is 74.6. The van der Waals surface area contributed by atoms with Crippen LogP contribution in [0.2, 0.25) is 0 Å². The van der Waals surface area contributed by atoms with Crippen LogP contribution in [-0.4, -0.2) is 76.9 Å². The smallest absolute Gasteiger partial charge is 0.726 e. The minimum absolute atomic E-state index is 0. The second kappa shape index (κ2) is 59.9. The fourth-order valence-corrected chi connectivity index (χ4v) is 10.4. The predicted molar refractivity (Wildman–Crippen MR) is 298 cm³/mol. The molecule has 69 heavy (non-hydrogen) atoms. The van der Waals surface area contributed by atoms with Gasteiger partial charge in [-0.3, -0.25) is 8.37 Å². The summed E-state index contributed by atoms with van der Waals surface area (Å²) in [5, 5.41) is 0. The molecule has 0 saturated carbocycles. The monoisotopic (exact) mass is 1050 g/mol. The third-order valence-corrected chi connectivity index (χ3v) is 15.1. The quantitative estimate of drug-likeness (QED) is 0.0255. The van der Waals surface area contributed by atoms with Crippen molar-refractivity contribution in [2.45, 2.75) is 349 Å². The topological polar surface area (TPSA) is 133 Å². The summed E-state index contributed by atoms with van der Waals surface area (Å²) in [5.74, 6) is 0.399. The van der Waals surface area contributed by atoms with Crippen molar-refractivity contribution >= 4 is 58.5 Å². The van der Waals surface area contributed by atoms with Crippen LogP contribution in [0.5, 0.6) is 0 Å². The normalized spacial score (nSPS) is 12.7. The average molecular weight is 1050 g/mol. The van der Waals surface area contributed by atoms with Gasteiger partial charge in [0.25, 0.3) is 0 Å². The Hall–Kier alpha value is 1.000. The summed E-state index contributed by atoms with van der Waals surface area (Å²) in [6, 6.07) is 0. The summed E-state index contributed by atoms with van der Waals surface area (Å²) >= 11 is 0. The Balaban J connectivity index is -0.00000124. The Morgan fingerprint density at radius 1 is 0.261 bits per heavy atom. The van der Waals surface area contributed by atoms with Gasteiger partial charge in [0, 0.05) is 0 Å². The van der Waals surface area contributed by atoms with Crippen LogP contribution in [0.1, 0.15) is 349 Å². The zero-order chi connectivity index (χ0) is 50.3. The molecule has 2 atom stereocenters. The minimum atomic E-state index is -4.58. The predicted octanol–water partition coefficient (Wildman–Crippen LogP) is 19.4. The van der Waals surface area contributed by atoms with Crippen molar-refractivity contribution in [2.75, 3.05) is 13.2 Å². The zero-order valence-corrected chi connectivity index (χ0v) is 50.6. The molecule has 0 aromatic carbocycles. The van der Waals surface area contributed by atoms with Crippen LogP contribution in [0.4, 0.5) is 0 Å². The van der Waals surface area contributed by atoms with Crippen LogP contribution in [0.25, 0.3) is 0 Å². The molecule has 0 fully saturated rings. The van der Waals surface area contributed by atoms with Crippen LogP contribution in [-0.2, 0) is 29.2 Å². The van der Waals surface area contributed by atoms with Crippen LogP contribution >= 0.6 is 0 Å². The van der Waals surface area contributed by atoms with E-state index in [9.17, 15) is 25.9 Å². The van der Waals surface area contributed by atoms with E-state index in [0.717, 1.165) is 51.4 Å². The fourth-order valence-electron chi connectivity index (χ4n) is 9.72. The van der Waals surface area contributed by atoms with E-state index in [1.165, 1.54) is 270 Å². The number of hydrogen-bond acceptors (Lipinski definition) is 8. The van der Waals surface area contributed by atoms with Crippen molar-refractivity contribution in [3.05, 3.63) is 0 Å². The number of unbranched alkanes of at least 4 members (excludes halogenated alkanes) is 42. The van der Waals surface area contributed by atoms with Crippen LogP contribution in [0.3, 0.4) is 0 Å². The minimum Gasteiger partial charge on any atom is -0.726 e. The van der Waals surface area contributed by atoms with Gasteiger partial charge < -0.3 is 9.11 Å². The molecule has 8 nitrogen and oxygen atoms in total. The first-order chi connectivity index (χ1) is 33.0. The molecular formula is C58H118CaO8S2. The molecule has 0 aliphatic carbocycles. The van der Waals surface area contributed by atoms with E-state index in [-0.39, 0.29) is 62.8 Å². The number of hydrogen-bond donors (Lipinski definition) is 0. The largest absolute Gasteiger partial charge is 2.00 e. The van der Waals surface area contributed by atoms with Crippen molar-refractivity contribution < 1.29 is 34.3 Å². The summed E-state index contributed by atoms with van der Waals surface area (Å²) in [6.45, 7) is 9.18. The third-order valence-electron chi connectivity index (χ3n) is 14.3. The Labute approximate surface area is 463 Å². The SMILES string of the molecule is CCCCCCCCCCCCCCCC(CCCCCCCCCCCC)COS(=O)(=O)[O-].CCCCCCCCCCCCCCCC(CCCCCCCCCCCC)COS(=O)(=O)[O-].[Ca+2]. The van der Waals surface area contributed by atoms with E-state index in [4.69, 9.17) is 0 Å². The van der Waals surface area contributed by atoms with Gasteiger partial charge in [0.05, 0.1) is 13.2 Å². The van der Waals surface area contributed by atoms with Gasteiger partial charge in [0.1, 0.15) is 0 Å². The first-order valence-corrected chi connectivity index (χ1v) is 32.9. The Kier molecular flexibility index (Phi) is 64.4. The molecule has 0 aromatic rings. The van der Waals surface area contributed by atoms with Gasteiger partial charge in [-0.1, -0.05) is 323 Å². The Morgan fingerprint density at radius 3 is 0.522 bits per heavy atom. The summed E-state index contributed by atoms with van der Waals surface area (Å²) in [4.78, 5) is 0. The van der Waals surface area contributed by atoms with Crippen molar-refractivity contribution in [3.63, 3.8) is 0 Å². The molecule has 2 unspecified atom stereocenters. The fraction of sp³-hybridized carbons (Fsp3) is 1.00. The maximum Gasteiger partial charge on any atom is 2.00 e. The van der Waals surface area contributed by atoms with Crippen LogP contribution in [0.15, 0.2) is 0 Å². The van der Waals surface area contributed by atoms with Gasteiger partial charge in [-0.05, 0) is 37.5 Å². The first-order valence-electron chi connectivity index (χ1n) is 30.2. The molecule has 0 amide bonds. The van der Waals surface area contributed by atoms with Crippen molar-refractivity contribution in [1.29, 1.82) is 0 Å². The molecule has 0 heterocycles. The summed E-state index contributed by atoms with van der Waals surface area (Å²) in [6.07, 6.45) is 64.5. The van der Waals surface area contributed by atoms with Gasteiger partial charge in [-0.25, -0.2) is 16.8 Å². The summed E-state index contributed by atoms with van der Waals surface area (Å²) in [7, 11) is -9.16. The van der Waals surface area contributed by atoms with Gasteiger partial charge in [0.2, 0.25) is 20.8 Å². The molecule has 0 saturated heterocycles. The molecule has 0 aliphatic heterocycles. The molecule has 0 radical (unpaired) electrons. The Morgan fingerprint density at radius 2 is 0.391 bits per heavy atom.